The number of anilines is 1. The summed E-state index contributed by atoms with van der Waals surface area (Å²) in [5.74, 6) is -0.148. The third kappa shape index (κ3) is 6.68. The number of carbonyl (C=O) groups is 2. The second-order valence-corrected chi connectivity index (χ2v) is 6.59. The fourth-order valence-corrected chi connectivity index (χ4v) is 2.13. The van der Waals surface area contributed by atoms with Crippen molar-refractivity contribution in [2.75, 3.05) is 25.0 Å². The monoisotopic (exact) mass is 312 g/mol. The van der Waals surface area contributed by atoms with Gasteiger partial charge in [0.25, 0.3) is 0 Å². The Labute approximate surface area is 129 Å². The van der Waals surface area contributed by atoms with Crippen molar-refractivity contribution in [3.8, 4) is 0 Å². The molecule has 2 amide bonds. The molecule has 0 atom stereocenters. The highest BCUT2D eigenvalue weighted by molar-refractivity contribution is 7.13. The zero-order valence-electron chi connectivity index (χ0n) is 13.1. The summed E-state index contributed by atoms with van der Waals surface area (Å²) < 4.78 is 0. The van der Waals surface area contributed by atoms with Gasteiger partial charge in [0.2, 0.25) is 11.8 Å². The van der Waals surface area contributed by atoms with Gasteiger partial charge in [-0.2, -0.15) is 0 Å². The molecule has 118 valence electrons. The van der Waals surface area contributed by atoms with Gasteiger partial charge in [-0.25, -0.2) is 4.98 Å². The number of likely N-dealkylation sites (N-methyl/N-ethyl adjacent to an activating group) is 1. The second kappa shape index (κ2) is 8.09. The zero-order chi connectivity index (χ0) is 15.9. The van der Waals surface area contributed by atoms with E-state index in [9.17, 15) is 9.59 Å². The molecule has 0 unspecified atom stereocenters. The fourth-order valence-electron chi connectivity index (χ4n) is 1.42. The highest BCUT2D eigenvalue weighted by Gasteiger charge is 2.22. The van der Waals surface area contributed by atoms with Gasteiger partial charge < -0.3 is 16.0 Å². The largest absolute Gasteiger partial charge is 0.354 e. The van der Waals surface area contributed by atoms with Gasteiger partial charge >= 0.3 is 0 Å². The summed E-state index contributed by atoms with van der Waals surface area (Å²) in [6.07, 6.45) is 0.230. The molecule has 1 aromatic heterocycles. The molecule has 0 saturated heterocycles. The van der Waals surface area contributed by atoms with E-state index >= 15 is 0 Å². The van der Waals surface area contributed by atoms with Crippen LogP contribution >= 0.6 is 11.3 Å². The maximum Gasteiger partial charge on any atom is 0.231 e. The van der Waals surface area contributed by atoms with Gasteiger partial charge in [0.1, 0.15) is 0 Å². The van der Waals surface area contributed by atoms with Gasteiger partial charge in [-0.3, -0.25) is 9.59 Å². The summed E-state index contributed by atoms with van der Waals surface area (Å²) in [5.41, 5.74) is 0.209. The van der Waals surface area contributed by atoms with Crippen LogP contribution in [0.3, 0.4) is 0 Å². The first kappa shape index (κ1) is 17.6. The molecule has 3 N–H and O–H groups in total. The van der Waals surface area contributed by atoms with Crippen molar-refractivity contribution < 1.29 is 9.59 Å². The average Bonchev–Trinajstić information content (AvgIpc) is 2.81. The summed E-state index contributed by atoms with van der Waals surface area (Å²) in [6.45, 7) is 9.79. The molecule has 0 aromatic carbocycles. The lowest BCUT2D eigenvalue weighted by molar-refractivity contribution is -0.123. The Morgan fingerprint density at radius 1 is 1.29 bits per heavy atom. The lowest BCUT2D eigenvalue weighted by atomic mass is 9.96. The summed E-state index contributed by atoms with van der Waals surface area (Å²) in [6, 6.07) is 0. The van der Waals surface area contributed by atoms with E-state index in [-0.39, 0.29) is 18.2 Å². The maximum atomic E-state index is 11.8. The van der Waals surface area contributed by atoms with Gasteiger partial charge in [0, 0.05) is 23.9 Å². The van der Waals surface area contributed by atoms with Crippen LogP contribution in [0.25, 0.3) is 0 Å². The minimum Gasteiger partial charge on any atom is -0.354 e. The van der Waals surface area contributed by atoms with E-state index in [1.54, 1.807) is 5.38 Å². The Bertz CT molecular complexity index is 480. The lowest BCUT2D eigenvalue weighted by Crippen LogP contribution is -2.32. The summed E-state index contributed by atoms with van der Waals surface area (Å²) in [4.78, 5) is 27.8. The smallest absolute Gasteiger partial charge is 0.231 e. The van der Waals surface area contributed by atoms with E-state index in [0.717, 1.165) is 13.1 Å². The zero-order valence-corrected chi connectivity index (χ0v) is 13.9. The average molecular weight is 312 g/mol. The fraction of sp³-hybridized carbons (Fsp3) is 0.643. The SMILES string of the molecule is CCNCCNC(=O)Cc1csc(NC(=O)C(C)(C)C)n1. The molecule has 21 heavy (non-hydrogen) atoms. The topological polar surface area (TPSA) is 83.1 Å². The first-order chi connectivity index (χ1) is 9.82. The molecule has 0 aliphatic heterocycles. The number of thiazole rings is 1. The molecule has 0 saturated carbocycles. The number of hydrogen-bond donors (Lipinski definition) is 3. The quantitative estimate of drug-likeness (QED) is 0.665. The van der Waals surface area contributed by atoms with E-state index in [0.29, 0.717) is 17.4 Å². The van der Waals surface area contributed by atoms with Crippen molar-refractivity contribution in [2.24, 2.45) is 5.41 Å². The normalized spacial score (nSPS) is 11.2. The second-order valence-electron chi connectivity index (χ2n) is 5.73. The van der Waals surface area contributed by atoms with E-state index < -0.39 is 5.41 Å². The van der Waals surface area contributed by atoms with Crippen LogP contribution in [0.1, 0.15) is 33.4 Å². The van der Waals surface area contributed by atoms with Crippen LogP contribution in [0.4, 0.5) is 5.13 Å². The molecular weight excluding hydrogens is 288 g/mol. The molecule has 0 bridgehead atoms. The molecule has 0 aliphatic carbocycles. The van der Waals surface area contributed by atoms with Gasteiger partial charge in [0.05, 0.1) is 12.1 Å². The molecule has 6 nitrogen and oxygen atoms in total. The summed E-state index contributed by atoms with van der Waals surface area (Å²) in [7, 11) is 0. The van der Waals surface area contributed by atoms with Gasteiger partial charge in [-0.1, -0.05) is 27.7 Å². The van der Waals surface area contributed by atoms with E-state index in [1.165, 1.54) is 11.3 Å². The first-order valence-electron chi connectivity index (χ1n) is 7.06. The number of rotatable bonds is 7. The number of nitrogens with one attached hydrogen (secondary N) is 3. The Morgan fingerprint density at radius 2 is 2.00 bits per heavy atom. The van der Waals surface area contributed by atoms with Crippen molar-refractivity contribution in [2.45, 2.75) is 34.1 Å². The Hall–Kier alpha value is -1.47. The number of nitrogens with zero attached hydrogens (tertiary/aromatic N) is 1. The van der Waals surface area contributed by atoms with Crippen LogP contribution in [0.15, 0.2) is 5.38 Å². The van der Waals surface area contributed by atoms with Gasteiger partial charge in [-0.05, 0) is 6.54 Å². The van der Waals surface area contributed by atoms with Gasteiger partial charge in [0.15, 0.2) is 5.13 Å². The van der Waals surface area contributed by atoms with Crippen LogP contribution in [0.5, 0.6) is 0 Å². The van der Waals surface area contributed by atoms with Crippen LogP contribution < -0.4 is 16.0 Å². The standard InChI is InChI=1S/C14H24N4O2S/c1-5-15-6-7-16-11(19)8-10-9-21-13(17-10)18-12(20)14(2,3)4/h9,15H,5-8H2,1-4H3,(H,16,19)(H,17,18,20). The van der Waals surface area contributed by atoms with Crippen molar-refractivity contribution in [3.05, 3.63) is 11.1 Å². The minimum absolute atomic E-state index is 0.0631. The Balaban J connectivity index is 2.41. The maximum absolute atomic E-state index is 11.8. The Morgan fingerprint density at radius 3 is 2.62 bits per heavy atom. The van der Waals surface area contributed by atoms with Crippen LogP contribution in [0.2, 0.25) is 0 Å². The van der Waals surface area contributed by atoms with Crippen LogP contribution in [-0.4, -0.2) is 36.4 Å². The molecule has 1 heterocycles. The van der Waals surface area contributed by atoms with Crippen LogP contribution in [0, 0.1) is 5.41 Å². The lowest BCUT2D eigenvalue weighted by Gasteiger charge is -2.15. The highest BCUT2D eigenvalue weighted by atomic mass is 32.1. The summed E-state index contributed by atoms with van der Waals surface area (Å²) in [5, 5.41) is 11.0. The summed E-state index contributed by atoms with van der Waals surface area (Å²) >= 11 is 1.33. The van der Waals surface area contributed by atoms with E-state index in [1.807, 2.05) is 27.7 Å². The predicted molar refractivity (Wildman–Crippen MR) is 85.5 cm³/mol. The number of carbonyl (C=O) groups excluding carboxylic acids is 2. The molecule has 7 heteroatoms. The number of hydrogen-bond acceptors (Lipinski definition) is 5. The number of aromatic nitrogens is 1. The molecule has 1 rings (SSSR count). The molecule has 0 spiro atoms. The van der Waals surface area contributed by atoms with E-state index in [2.05, 4.69) is 20.9 Å². The first-order valence-corrected chi connectivity index (χ1v) is 7.94. The molecule has 1 aromatic rings. The molecular formula is C14H24N4O2S. The van der Waals surface area contributed by atoms with Crippen LogP contribution in [-0.2, 0) is 16.0 Å². The van der Waals surface area contributed by atoms with E-state index in [4.69, 9.17) is 0 Å². The van der Waals surface area contributed by atoms with Crippen molar-refractivity contribution in [1.82, 2.24) is 15.6 Å². The minimum atomic E-state index is -0.463. The third-order valence-corrected chi connectivity index (χ3v) is 3.48. The predicted octanol–water partition coefficient (Wildman–Crippen LogP) is 1.40. The van der Waals surface area contributed by atoms with Crippen molar-refractivity contribution >= 4 is 28.3 Å². The molecule has 0 radical (unpaired) electrons. The van der Waals surface area contributed by atoms with Gasteiger partial charge in [-0.15, -0.1) is 11.3 Å². The van der Waals surface area contributed by atoms with Crippen molar-refractivity contribution in [3.63, 3.8) is 0 Å². The highest BCUT2D eigenvalue weighted by Crippen LogP contribution is 2.20. The molecule has 0 aliphatic rings. The Kier molecular flexibility index (Phi) is 6.77. The third-order valence-electron chi connectivity index (χ3n) is 2.67. The van der Waals surface area contributed by atoms with Crippen molar-refractivity contribution in [1.29, 1.82) is 0 Å². The number of amides is 2. The molecule has 0 fully saturated rings.